The molecule has 0 N–H and O–H groups in total. The Hall–Kier alpha value is -2.34. The van der Waals surface area contributed by atoms with Crippen molar-refractivity contribution >= 4 is 34.4 Å². The molecule has 0 spiro atoms. The van der Waals surface area contributed by atoms with E-state index in [-0.39, 0.29) is 35.3 Å². The summed E-state index contributed by atoms with van der Waals surface area (Å²) in [6.07, 6.45) is 2.99. The number of halogens is 1. The lowest BCUT2D eigenvalue weighted by molar-refractivity contribution is -0.137. The molecule has 0 saturated carbocycles. The lowest BCUT2D eigenvalue weighted by Crippen LogP contribution is -2.44. The minimum Gasteiger partial charge on any atom is -0.450 e. The molecule has 1 aromatic carbocycles. The molecule has 1 aliphatic heterocycles. The predicted molar refractivity (Wildman–Crippen MR) is 92.8 cm³/mol. The third-order valence-electron chi connectivity index (χ3n) is 4.34. The molecule has 0 unspecified atom stereocenters. The van der Waals surface area contributed by atoms with E-state index in [2.05, 4.69) is 0 Å². The number of carbonyl (C=O) groups excluding carboxylic acids is 2. The Kier molecular flexibility index (Phi) is 5.08. The number of likely N-dealkylation sites (tertiary alicyclic amines) is 1. The quantitative estimate of drug-likeness (QED) is 0.783. The van der Waals surface area contributed by atoms with Crippen LogP contribution in [0.25, 0.3) is 11.0 Å². The number of benzene rings is 1. The first kappa shape index (κ1) is 17.5. The van der Waals surface area contributed by atoms with Crippen molar-refractivity contribution in [3.05, 3.63) is 45.3 Å². The van der Waals surface area contributed by atoms with Crippen LogP contribution >= 0.6 is 11.6 Å². The molecule has 3 rings (SSSR count). The van der Waals surface area contributed by atoms with Crippen LogP contribution in [0.1, 0.15) is 36.7 Å². The van der Waals surface area contributed by atoms with Gasteiger partial charge < -0.3 is 14.1 Å². The van der Waals surface area contributed by atoms with Gasteiger partial charge in [-0.25, -0.2) is 4.79 Å². The van der Waals surface area contributed by atoms with Gasteiger partial charge in [0.25, 0.3) is 5.91 Å². The Balaban J connectivity index is 1.71. The fourth-order valence-electron chi connectivity index (χ4n) is 2.98. The molecular formula is C18H18ClNO5. The van der Waals surface area contributed by atoms with Gasteiger partial charge in [-0.2, -0.15) is 0 Å². The van der Waals surface area contributed by atoms with Gasteiger partial charge in [-0.05, 0) is 44.4 Å². The van der Waals surface area contributed by atoms with Crippen LogP contribution in [0.5, 0.6) is 0 Å². The first-order valence-corrected chi connectivity index (χ1v) is 8.53. The van der Waals surface area contributed by atoms with Gasteiger partial charge in [0, 0.05) is 23.7 Å². The van der Waals surface area contributed by atoms with E-state index in [1.165, 1.54) is 12.1 Å². The average molecular weight is 364 g/mol. The first-order valence-electron chi connectivity index (χ1n) is 8.15. The topological polar surface area (TPSA) is 76.8 Å². The Morgan fingerprint density at radius 2 is 2.12 bits per heavy atom. The second-order valence-electron chi connectivity index (χ2n) is 6.12. The molecule has 1 aliphatic rings. The van der Waals surface area contributed by atoms with E-state index in [1.807, 2.05) is 6.92 Å². The zero-order valence-electron chi connectivity index (χ0n) is 13.8. The van der Waals surface area contributed by atoms with E-state index in [4.69, 9.17) is 20.8 Å². The molecule has 7 heteroatoms. The van der Waals surface area contributed by atoms with Gasteiger partial charge in [0.2, 0.25) is 5.76 Å². The van der Waals surface area contributed by atoms with Gasteiger partial charge in [0.1, 0.15) is 5.58 Å². The maximum atomic E-state index is 12.2. The highest BCUT2D eigenvalue weighted by Crippen LogP contribution is 2.19. The zero-order chi connectivity index (χ0) is 18.0. The zero-order valence-corrected chi connectivity index (χ0v) is 14.5. The molecule has 25 heavy (non-hydrogen) atoms. The van der Waals surface area contributed by atoms with E-state index in [0.717, 1.165) is 25.3 Å². The van der Waals surface area contributed by atoms with Crippen LogP contribution in [-0.2, 0) is 9.53 Å². The smallest absolute Gasteiger partial charge is 0.374 e. The summed E-state index contributed by atoms with van der Waals surface area (Å²) in [6, 6.07) is 5.73. The Morgan fingerprint density at radius 1 is 1.32 bits per heavy atom. The van der Waals surface area contributed by atoms with Crippen molar-refractivity contribution in [2.45, 2.75) is 32.2 Å². The molecule has 1 saturated heterocycles. The van der Waals surface area contributed by atoms with Gasteiger partial charge >= 0.3 is 5.97 Å². The lowest BCUT2D eigenvalue weighted by atomic mass is 10.0. The minimum atomic E-state index is -0.841. The number of esters is 1. The van der Waals surface area contributed by atoms with Crippen LogP contribution in [0.15, 0.2) is 33.5 Å². The summed E-state index contributed by atoms with van der Waals surface area (Å²) in [7, 11) is 0. The van der Waals surface area contributed by atoms with Crippen molar-refractivity contribution in [1.29, 1.82) is 0 Å². The molecule has 0 radical (unpaired) electrons. The fraction of sp³-hybridized carbons (Fsp3) is 0.389. The van der Waals surface area contributed by atoms with Gasteiger partial charge in [-0.3, -0.25) is 9.59 Å². The van der Waals surface area contributed by atoms with Crippen LogP contribution in [-0.4, -0.2) is 36.0 Å². The number of hydrogen-bond acceptors (Lipinski definition) is 5. The van der Waals surface area contributed by atoms with E-state index < -0.39 is 11.4 Å². The van der Waals surface area contributed by atoms with Crippen molar-refractivity contribution < 1.29 is 18.7 Å². The summed E-state index contributed by atoms with van der Waals surface area (Å²) >= 11 is 5.85. The second-order valence-corrected chi connectivity index (χ2v) is 6.56. The maximum absolute atomic E-state index is 12.2. The lowest BCUT2D eigenvalue weighted by Gasteiger charge is -2.33. The van der Waals surface area contributed by atoms with Crippen LogP contribution < -0.4 is 5.43 Å². The summed E-state index contributed by atoms with van der Waals surface area (Å²) in [6.45, 7) is 2.28. The van der Waals surface area contributed by atoms with Crippen LogP contribution in [0, 0.1) is 0 Å². The van der Waals surface area contributed by atoms with Gasteiger partial charge in [0.05, 0.1) is 5.39 Å². The molecule has 1 fully saturated rings. The van der Waals surface area contributed by atoms with Crippen LogP contribution in [0.2, 0.25) is 5.02 Å². The van der Waals surface area contributed by atoms with Gasteiger partial charge in [0.15, 0.2) is 12.0 Å². The highest BCUT2D eigenvalue weighted by molar-refractivity contribution is 6.31. The Morgan fingerprint density at radius 3 is 2.88 bits per heavy atom. The third-order valence-corrected chi connectivity index (χ3v) is 4.58. The molecule has 0 bridgehead atoms. The van der Waals surface area contributed by atoms with Gasteiger partial charge in [-0.1, -0.05) is 11.6 Å². The summed E-state index contributed by atoms with van der Waals surface area (Å²) in [5.41, 5.74) is -0.161. The minimum absolute atomic E-state index is 0.142. The summed E-state index contributed by atoms with van der Waals surface area (Å²) in [5, 5.41) is 0.679. The number of ether oxygens (including phenoxy) is 1. The number of amides is 1. The summed E-state index contributed by atoms with van der Waals surface area (Å²) < 4.78 is 10.4. The van der Waals surface area contributed by atoms with Crippen molar-refractivity contribution in [2.24, 2.45) is 0 Å². The van der Waals surface area contributed by atoms with Crippen molar-refractivity contribution in [1.82, 2.24) is 4.90 Å². The largest absolute Gasteiger partial charge is 0.450 e. The maximum Gasteiger partial charge on any atom is 0.374 e. The average Bonchev–Trinajstić information content (AvgIpc) is 2.60. The van der Waals surface area contributed by atoms with Gasteiger partial charge in [-0.15, -0.1) is 0 Å². The van der Waals surface area contributed by atoms with Crippen molar-refractivity contribution in [3.8, 4) is 0 Å². The molecule has 2 aromatic rings. The number of carbonyl (C=O) groups is 2. The highest BCUT2D eigenvalue weighted by Gasteiger charge is 2.24. The molecule has 0 aliphatic carbocycles. The Bertz CT molecular complexity index is 875. The monoisotopic (exact) mass is 363 g/mol. The van der Waals surface area contributed by atoms with Crippen molar-refractivity contribution in [2.75, 3.05) is 13.2 Å². The third kappa shape index (κ3) is 3.85. The number of nitrogens with zero attached hydrogens (tertiary/aromatic N) is 1. The van der Waals surface area contributed by atoms with E-state index in [9.17, 15) is 14.4 Å². The van der Waals surface area contributed by atoms with Crippen molar-refractivity contribution in [3.63, 3.8) is 0 Å². The molecular weight excluding hydrogens is 346 g/mol. The molecule has 1 aromatic heterocycles. The van der Waals surface area contributed by atoms with Crippen LogP contribution in [0.3, 0.4) is 0 Å². The van der Waals surface area contributed by atoms with E-state index >= 15 is 0 Å². The molecule has 1 amide bonds. The molecule has 132 valence electrons. The Labute approximate surface area is 149 Å². The number of rotatable bonds is 3. The predicted octanol–water partition coefficient (Wildman–Crippen LogP) is 3.00. The molecule has 6 nitrogen and oxygen atoms in total. The fourth-order valence-corrected chi connectivity index (χ4v) is 3.15. The first-order chi connectivity index (χ1) is 12.0. The SMILES string of the molecule is C[C@H]1CCCCN1C(=O)COC(=O)c1cc(=O)c2cc(Cl)ccc2o1. The second kappa shape index (κ2) is 7.27. The number of fused-ring (bicyclic) bond motifs is 1. The highest BCUT2D eigenvalue weighted by atomic mass is 35.5. The summed E-state index contributed by atoms with van der Waals surface area (Å²) in [4.78, 5) is 38.1. The van der Waals surface area contributed by atoms with E-state index in [0.29, 0.717) is 11.6 Å². The van der Waals surface area contributed by atoms with Crippen LogP contribution in [0.4, 0.5) is 0 Å². The standard InChI is InChI=1S/C18H18ClNO5/c1-11-4-2-3-7-20(11)17(22)10-24-18(23)16-9-14(21)13-8-12(19)5-6-15(13)25-16/h5-6,8-9,11H,2-4,7,10H2,1H3/t11-/m0/s1. The normalized spacial score (nSPS) is 17.5. The number of piperidine rings is 1. The van der Waals surface area contributed by atoms with E-state index in [1.54, 1.807) is 11.0 Å². The summed E-state index contributed by atoms with van der Waals surface area (Å²) in [5.74, 6) is -1.32. The molecule has 1 atom stereocenters. The molecule has 2 heterocycles. The number of hydrogen-bond donors (Lipinski definition) is 0.